The van der Waals surface area contributed by atoms with Gasteiger partial charge in [0.25, 0.3) is 0 Å². The van der Waals surface area contributed by atoms with E-state index >= 15 is 0 Å². The number of rotatable bonds is 14. The molecule has 2 rings (SSSR count). The van der Waals surface area contributed by atoms with Crippen molar-refractivity contribution in [2.24, 2.45) is 0 Å². The molecule has 0 radical (unpaired) electrons. The van der Waals surface area contributed by atoms with Gasteiger partial charge in [-0.25, -0.2) is 0 Å². The van der Waals surface area contributed by atoms with E-state index in [0.29, 0.717) is 0 Å². The predicted octanol–water partition coefficient (Wildman–Crippen LogP) is 7.40. The molecule has 0 saturated carbocycles. The second-order valence-corrected chi connectivity index (χ2v) is 9.53. The molecule has 0 saturated heterocycles. The average Bonchev–Trinajstić information content (AvgIpc) is 2.74. The van der Waals surface area contributed by atoms with Gasteiger partial charge in [-0.05, 0) is 89.5 Å². The number of para-hydroxylation sites is 2. The summed E-state index contributed by atoms with van der Waals surface area (Å²) < 4.78 is 18.5. The summed E-state index contributed by atoms with van der Waals surface area (Å²) in [5.41, 5.74) is 2.07. The van der Waals surface area contributed by atoms with Crippen LogP contribution in [0.15, 0.2) is 48.5 Å². The summed E-state index contributed by atoms with van der Waals surface area (Å²) in [4.78, 5) is 0. The molecule has 2 aromatic carbocycles. The Hall–Kier alpha value is -2.00. The van der Waals surface area contributed by atoms with Gasteiger partial charge >= 0.3 is 0 Å². The number of hydrogen-bond donors (Lipinski definition) is 0. The Morgan fingerprint density at radius 2 is 1.00 bits per heavy atom. The number of aryl methyl sites for hydroxylation is 2. The summed E-state index contributed by atoms with van der Waals surface area (Å²) in [7, 11) is 0. The second kappa shape index (κ2) is 12.1. The molecule has 0 spiro atoms. The summed E-state index contributed by atoms with van der Waals surface area (Å²) >= 11 is 0. The minimum atomic E-state index is -0.223. The summed E-state index contributed by atoms with van der Waals surface area (Å²) in [6.07, 6.45) is 5.80. The molecule has 0 amide bonds. The van der Waals surface area contributed by atoms with Gasteiger partial charge in [0, 0.05) is 0 Å². The lowest BCUT2D eigenvalue weighted by molar-refractivity contribution is -0.128. The summed E-state index contributed by atoms with van der Waals surface area (Å²) in [6, 6.07) is 16.7. The lowest BCUT2D eigenvalue weighted by Crippen LogP contribution is -2.37. The smallest absolute Gasteiger partial charge is 0.122 e. The van der Waals surface area contributed by atoms with Crippen LogP contribution in [0.1, 0.15) is 78.4 Å². The zero-order valence-electron chi connectivity index (χ0n) is 20.5. The van der Waals surface area contributed by atoms with Gasteiger partial charge in [0.15, 0.2) is 0 Å². The van der Waals surface area contributed by atoms with Crippen molar-refractivity contribution in [1.29, 1.82) is 0 Å². The molecular formula is C28H42O3. The van der Waals surface area contributed by atoms with Crippen molar-refractivity contribution in [3.63, 3.8) is 0 Å². The van der Waals surface area contributed by atoms with Gasteiger partial charge in [-0.3, -0.25) is 0 Å². The van der Waals surface area contributed by atoms with E-state index in [4.69, 9.17) is 14.2 Å². The zero-order valence-corrected chi connectivity index (χ0v) is 20.5. The Kier molecular flexibility index (Phi) is 9.90. The van der Waals surface area contributed by atoms with Gasteiger partial charge in [0.1, 0.15) is 11.5 Å². The van der Waals surface area contributed by atoms with E-state index in [1.165, 1.54) is 11.1 Å². The molecule has 172 valence electrons. The fourth-order valence-electron chi connectivity index (χ4n) is 3.85. The van der Waals surface area contributed by atoms with Gasteiger partial charge in [-0.15, -0.1) is 0 Å². The summed E-state index contributed by atoms with van der Waals surface area (Å²) in [6.45, 7) is 14.6. The van der Waals surface area contributed by atoms with Crippen LogP contribution >= 0.6 is 0 Å². The van der Waals surface area contributed by atoms with Crippen LogP contribution in [0.5, 0.6) is 11.5 Å². The fourth-order valence-corrected chi connectivity index (χ4v) is 3.85. The SMILES string of the molecule is CCCOc1ccccc1CCC(C)(C)OC(C)(C)CCc1ccccc1OCCC. The first-order valence-electron chi connectivity index (χ1n) is 11.9. The maximum Gasteiger partial charge on any atom is 0.122 e. The van der Waals surface area contributed by atoms with E-state index in [2.05, 4.69) is 77.9 Å². The Bertz CT molecular complexity index is 714. The maximum atomic E-state index is 6.63. The van der Waals surface area contributed by atoms with Crippen LogP contribution < -0.4 is 9.47 Å². The number of benzene rings is 2. The van der Waals surface area contributed by atoms with Crippen LogP contribution in [0.3, 0.4) is 0 Å². The Morgan fingerprint density at radius 1 is 0.613 bits per heavy atom. The third kappa shape index (κ3) is 8.95. The van der Waals surface area contributed by atoms with Crippen molar-refractivity contribution >= 4 is 0 Å². The Balaban J connectivity index is 1.93. The van der Waals surface area contributed by atoms with E-state index in [-0.39, 0.29) is 11.2 Å². The largest absolute Gasteiger partial charge is 0.493 e. The zero-order chi connectivity index (χ0) is 22.7. The van der Waals surface area contributed by atoms with Crippen LogP contribution in [-0.4, -0.2) is 24.4 Å². The van der Waals surface area contributed by atoms with Gasteiger partial charge in [-0.2, -0.15) is 0 Å². The van der Waals surface area contributed by atoms with Gasteiger partial charge in [-0.1, -0.05) is 50.2 Å². The van der Waals surface area contributed by atoms with Crippen LogP contribution in [0, 0.1) is 0 Å². The van der Waals surface area contributed by atoms with Crippen LogP contribution in [0.2, 0.25) is 0 Å². The Morgan fingerprint density at radius 3 is 1.39 bits per heavy atom. The molecule has 0 aliphatic heterocycles. The lowest BCUT2D eigenvalue weighted by Gasteiger charge is -2.36. The highest BCUT2D eigenvalue weighted by molar-refractivity contribution is 5.34. The monoisotopic (exact) mass is 426 g/mol. The summed E-state index contributed by atoms with van der Waals surface area (Å²) in [5, 5.41) is 0. The topological polar surface area (TPSA) is 27.7 Å². The normalized spacial score (nSPS) is 12.1. The summed E-state index contributed by atoms with van der Waals surface area (Å²) in [5.74, 6) is 2.01. The lowest BCUT2D eigenvalue weighted by atomic mass is 9.93. The first kappa shape index (κ1) is 25.3. The molecule has 0 aliphatic carbocycles. The quantitative estimate of drug-likeness (QED) is 0.315. The molecule has 0 unspecified atom stereocenters. The molecule has 2 aromatic rings. The minimum Gasteiger partial charge on any atom is -0.493 e. The van der Waals surface area contributed by atoms with Crippen molar-refractivity contribution in [2.45, 2.75) is 91.3 Å². The van der Waals surface area contributed by atoms with E-state index < -0.39 is 0 Å². The first-order chi connectivity index (χ1) is 14.8. The maximum absolute atomic E-state index is 6.63. The van der Waals surface area contributed by atoms with Gasteiger partial charge in [0.2, 0.25) is 0 Å². The molecule has 0 fully saturated rings. The minimum absolute atomic E-state index is 0.223. The first-order valence-corrected chi connectivity index (χ1v) is 11.9. The number of hydrogen-bond acceptors (Lipinski definition) is 3. The van der Waals surface area contributed by atoms with E-state index in [9.17, 15) is 0 Å². The van der Waals surface area contributed by atoms with Crippen molar-refractivity contribution in [2.75, 3.05) is 13.2 Å². The number of ether oxygens (including phenoxy) is 3. The molecule has 31 heavy (non-hydrogen) atoms. The molecule has 3 nitrogen and oxygen atoms in total. The van der Waals surface area contributed by atoms with Crippen LogP contribution in [-0.2, 0) is 17.6 Å². The highest BCUT2D eigenvalue weighted by Crippen LogP contribution is 2.31. The van der Waals surface area contributed by atoms with Crippen molar-refractivity contribution in [3.05, 3.63) is 59.7 Å². The molecule has 0 N–H and O–H groups in total. The molecule has 0 aromatic heterocycles. The van der Waals surface area contributed by atoms with Gasteiger partial charge in [0.05, 0.1) is 24.4 Å². The average molecular weight is 427 g/mol. The highest BCUT2D eigenvalue weighted by atomic mass is 16.5. The van der Waals surface area contributed by atoms with E-state index in [0.717, 1.165) is 63.2 Å². The second-order valence-electron chi connectivity index (χ2n) is 9.53. The van der Waals surface area contributed by atoms with Crippen molar-refractivity contribution in [1.82, 2.24) is 0 Å². The molecule has 0 aliphatic rings. The van der Waals surface area contributed by atoms with E-state index in [1.54, 1.807) is 0 Å². The van der Waals surface area contributed by atoms with Crippen molar-refractivity contribution in [3.8, 4) is 11.5 Å². The molecule has 0 atom stereocenters. The molecule has 0 bridgehead atoms. The molecular weight excluding hydrogens is 384 g/mol. The van der Waals surface area contributed by atoms with E-state index in [1.807, 2.05) is 12.1 Å². The highest BCUT2D eigenvalue weighted by Gasteiger charge is 2.29. The van der Waals surface area contributed by atoms with Gasteiger partial charge < -0.3 is 14.2 Å². The van der Waals surface area contributed by atoms with Crippen molar-refractivity contribution < 1.29 is 14.2 Å². The molecule has 3 heteroatoms. The third-order valence-electron chi connectivity index (χ3n) is 5.41. The Labute approximate surface area is 190 Å². The standard InChI is InChI=1S/C28H42O3/c1-7-21-29-25-15-11-9-13-23(25)17-19-27(3,4)31-28(5,6)20-18-24-14-10-12-16-26(24)30-22-8-2/h9-16H,7-8,17-22H2,1-6H3. The fraction of sp³-hybridized carbons (Fsp3) is 0.571. The predicted molar refractivity (Wildman–Crippen MR) is 130 cm³/mol. The van der Waals surface area contributed by atoms with Crippen LogP contribution in [0.25, 0.3) is 0 Å². The van der Waals surface area contributed by atoms with Crippen LogP contribution in [0.4, 0.5) is 0 Å². The molecule has 0 heterocycles. The third-order valence-corrected chi connectivity index (χ3v) is 5.41.